The zero-order chi connectivity index (χ0) is 15.2. The Hall–Kier alpha value is -1.59. The number of nitrogens with zero attached hydrogens (tertiary/aromatic N) is 2. The predicted molar refractivity (Wildman–Crippen MR) is 87.2 cm³/mol. The average Bonchev–Trinajstić information content (AvgIpc) is 2.43. The van der Waals surface area contributed by atoms with Crippen LogP contribution in [-0.2, 0) is 4.79 Å². The Balaban J connectivity index is 1.76. The molecule has 1 aliphatic rings. The summed E-state index contributed by atoms with van der Waals surface area (Å²) < 4.78 is 0. The van der Waals surface area contributed by atoms with E-state index in [1.54, 1.807) is 6.07 Å². The van der Waals surface area contributed by atoms with Gasteiger partial charge in [0, 0.05) is 6.54 Å². The average molecular weight is 290 g/mol. The fourth-order valence-electron chi connectivity index (χ4n) is 2.85. The number of piperidine rings is 1. The molecule has 1 saturated heterocycles. The van der Waals surface area contributed by atoms with Crippen LogP contribution in [0.15, 0.2) is 24.3 Å². The molecule has 0 unspecified atom stereocenters. The van der Waals surface area contributed by atoms with Gasteiger partial charge in [0.15, 0.2) is 0 Å². The number of nitrogens with two attached hydrogens (primary N) is 1. The summed E-state index contributed by atoms with van der Waals surface area (Å²) in [5, 5.41) is 2.89. The summed E-state index contributed by atoms with van der Waals surface area (Å²) in [5.41, 5.74) is 7.14. The van der Waals surface area contributed by atoms with E-state index in [9.17, 15) is 4.79 Å². The first-order chi connectivity index (χ1) is 10.0. The second-order valence-electron chi connectivity index (χ2n) is 6.12. The number of likely N-dealkylation sites (tertiary alicyclic amines) is 1. The van der Waals surface area contributed by atoms with Crippen molar-refractivity contribution >= 4 is 17.3 Å². The van der Waals surface area contributed by atoms with E-state index in [0.717, 1.165) is 25.6 Å². The molecular weight excluding hydrogens is 264 g/mol. The number of hydrogen-bond donors (Lipinski definition) is 2. The molecule has 5 nitrogen and oxygen atoms in total. The van der Waals surface area contributed by atoms with Crippen molar-refractivity contribution in [3.05, 3.63) is 24.3 Å². The molecule has 0 bridgehead atoms. The molecule has 1 fully saturated rings. The first-order valence-electron chi connectivity index (χ1n) is 7.56. The molecule has 0 aliphatic carbocycles. The molecule has 0 aromatic heterocycles. The van der Waals surface area contributed by atoms with Crippen LogP contribution in [0.25, 0.3) is 0 Å². The van der Waals surface area contributed by atoms with Crippen molar-refractivity contribution in [3.8, 4) is 0 Å². The molecule has 0 spiro atoms. The van der Waals surface area contributed by atoms with E-state index in [4.69, 9.17) is 5.73 Å². The Bertz CT molecular complexity index is 467. The Morgan fingerprint density at radius 2 is 2.00 bits per heavy atom. The molecule has 116 valence electrons. The lowest BCUT2D eigenvalue weighted by atomic mass is 9.96. The number of nitrogens with one attached hydrogen (secondary N) is 1. The van der Waals surface area contributed by atoms with Gasteiger partial charge in [-0.2, -0.15) is 0 Å². The van der Waals surface area contributed by atoms with Crippen LogP contribution in [0, 0.1) is 5.92 Å². The first kappa shape index (κ1) is 15.8. The Morgan fingerprint density at radius 1 is 1.33 bits per heavy atom. The topological polar surface area (TPSA) is 61.6 Å². The number of rotatable bonds is 5. The maximum atomic E-state index is 12.1. The summed E-state index contributed by atoms with van der Waals surface area (Å²) in [5.74, 6) is 0.767. The standard InChI is InChI=1S/C16H26N4O/c1-19(2)11-13-7-9-20(10-8-13)12-16(21)18-15-6-4-3-5-14(15)17/h3-6,13H,7-12,17H2,1-2H3,(H,18,21). The molecule has 5 heteroatoms. The lowest BCUT2D eigenvalue weighted by Crippen LogP contribution is -2.41. The molecule has 1 aromatic rings. The van der Waals surface area contributed by atoms with E-state index < -0.39 is 0 Å². The van der Waals surface area contributed by atoms with Crippen molar-refractivity contribution in [2.45, 2.75) is 12.8 Å². The Kier molecular flexibility index (Phi) is 5.59. The van der Waals surface area contributed by atoms with Crippen molar-refractivity contribution in [1.82, 2.24) is 9.80 Å². The molecule has 0 radical (unpaired) electrons. The van der Waals surface area contributed by atoms with Crippen molar-refractivity contribution in [2.75, 3.05) is 51.3 Å². The second kappa shape index (κ2) is 7.43. The number of anilines is 2. The maximum Gasteiger partial charge on any atom is 0.238 e. The van der Waals surface area contributed by atoms with Crippen LogP contribution in [0.4, 0.5) is 11.4 Å². The molecule has 2 rings (SSSR count). The lowest BCUT2D eigenvalue weighted by molar-refractivity contribution is -0.117. The highest BCUT2D eigenvalue weighted by Crippen LogP contribution is 2.19. The highest BCUT2D eigenvalue weighted by atomic mass is 16.2. The van der Waals surface area contributed by atoms with Crippen LogP contribution >= 0.6 is 0 Å². The van der Waals surface area contributed by atoms with E-state index in [-0.39, 0.29) is 5.91 Å². The fraction of sp³-hybridized carbons (Fsp3) is 0.562. The van der Waals surface area contributed by atoms with Gasteiger partial charge in [0.25, 0.3) is 0 Å². The quantitative estimate of drug-likeness (QED) is 0.806. The number of amides is 1. The third kappa shape index (κ3) is 5.02. The number of hydrogen-bond acceptors (Lipinski definition) is 4. The largest absolute Gasteiger partial charge is 0.397 e. The molecular formula is C16H26N4O. The molecule has 1 aliphatic heterocycles. The van der Waals surface area contributed by atoms with Gasteiger partial charge in [-0.15, -0.1) is 0 Å². The summed E-state index contributed by atoms with van der Waals surface area (Å²) in [6.45, 7) is 3.58. The van der Waals surface area contributed by atoms with Crippen molar-refractivity contribution in [3.63, 3.8) is 0 Å². The van der Waals surface area contributed by atoms with E-state index >= 15 is 0 Å². The van der Waals surface area contributed by atoms with Crippen molar-refractivity contribution < 1.29 is 4.79 Å². The Morgan fingerprint density at radius 3 is 2.62 bits per heavy atom. The van der Waals surface area contributed by atoms with Gasteiger partial charge in [0.05, 0.1) is 17.9 Å². The molecule has 21 heavy (non-hydrogen) atoms. The molecule has 0 atom stereocenters. The summed E-state index contributed by atoms with van der Waals surface area (Å²) in [6.07, 6.45) is 2.33. The number of nitrogen functional groups attached to an aromatic ring is 1. The number of benzene rings is 1. The Labute approximate surface area is 127 Å². The van der Waals surface area contributed by atoms with Gasteiger partial charge in [-0.3, -0.25) is 9.69 Å². The molecule has 1 heterocycles. The van der Waals surface area contributed by atoms with Crippen LogP contribution in [0.2, 0.25) is 0 Å². The van der Waals surface area contributed by atoms with Gasteiger partial charge in [-0.25, -0.2) is 0 Å². The van der Waals surface area contributed by atoms with Gasteiger partial charge in [0.2, 0.25) is 5.91 Å². The fourth-order valence-corrected chi connectivity index (χ4v) is 2.85. The van der Waals surface area contributed by atoms with Gasteiger partial charge in [-0.1, -0.05) is 12.1 Å². The molecule has 1 aromatic carbocycles. The minimum atomic E-state index is 0.0129. The smallest absolute Gasteiger partial charge is 0.238 e. The van der Waals surface area contributed by atoms with Gasteiger partial charge in [-0.05, 0) is 58.1 Å². The second-order valence-corrected chi connectivity index (χ2v) is 6.12. The lowest BCUT2D eigenvalue weighted by Gasteiger charge is -2.32. The highest BCUT2D eigenvalue weighted by Gasteiger charge is 2.21. The number of carbonyl (C=O) groups excluding carboxylic acids is 1. The molecule has 3 N–H and O–H groups in total. The first-order valence-corrected chi connectivity index (χ1v) is 7.56. The van der Waals surface area contributed by atoms with Gasteiger partial charge in [0.1, 0.15) is 0 Å². The van der Waals surface area contributed by atoms with E-state index in [1.165, 1.54) is 12.8 Å². The van der Waals surface area contributed by atoms with Crippen LogP contribution in [-0.4, -0.2) is 56.0 Å². The van der Waals surface area contributed by atoms with Gasteiger partial charge >= 0.3 is 0 Å². The molecule has 1 amide bonds. The number of para-hydroxylation sites is 2. The zero-order valence-corrected chi connectivity index (χ0v) is 13.0. The van der Waals surface area contributed by atoms with Crippen molar-refractivity contribution in [1.29, 1.82) is 0 Å². The van der Waals surface area contributed by atoms with Crippen LogP contribution < -0.4 is 11.1 Å². The van der Waals surface area contributed by atoms with Crippen LogP contribution in [0.3, 0.4) is 0 Å². The molecule has 0 saturated carbocycles. The monoisotopic (exact) mass is 290 g/mol. The predicted octanol–water partition coefficient (Wildman–Crippen LogP) is 1.48. The van der Waals surface area contributed by atoms with Crippen LogP contribution in [0.1, 0.15) is 12.8 Å². The third-order valence-corrected chi connectivity index (χ3v) is 3.93. The van der Waals surface area contributed by atoms with E-state index in [2.05, 4.69) is 29.2 Å². The third-order valence-electron chi connectivity index (χ3n) is 3.93. The minimum absolute atomic E-state index is 0.0129. The summed E-state index contributed by atoms with van der Waals surface area (Å²) in [4.78, 5) is 16.5. The van der Waals surface area contributed by atoms with E-state index in [1.807, 2.05) is 18.2 Å². The van der Waals surface area contributed by atoms with Crippen LogP contribution in [0.5, 0.6) is 0 Å². The zero-order valence-electron chi connectivity index (χ0n) is 13.0. The maximum absolute atomic E-state index is 12.1. The summed E-state index contributed by atoms with van der Waals surface area (Å²) in [6, 6.07) is 7.36. The van der Waals surface area contributed by atoms with Crippen molar-refractivity contribution in [2.24, 2.45) is 5.92 Å². The van der Waals surface area contributed by atoms with Gasteiger partial charge < -0.3 is 16.0 Å². The number of carbonyl (C=O) groups is 1. The highest BCUT2D eigenvalue weighted by molar-refractivity contribution is 5.95. The summed E-state index contributed by atoms with van der Waals surface area (Å²) in [7, 11) is 4.23. The SMILES string of the molecule is CN(C)CC1CCN(CC(=O)Nc2ccccc2N)CC1. The van der Waals surface area contributed by atoms with E-state index in [0.29, 0.717) is 17.9 Å². The summed E-state index contributed by atoms with van der Waals surface area (Å²) >= 11 is 0. The normalized spacial score (nSPS) is 17.1. The minimum Gasteiger partial charge on any atom is -0.397 e.